The first-order valence-corrected chi connectivity index (χ1v) is 10.5. The van der Waals surface area contributed by atoms with Gasteiger partial charge in [-0.15, -0.1) is 0 Å². The van der Waals surface area contributed by atoms with Crippen LogP contribution in [0.2, 0.25) is 0 Å². The summed E-state index contributed by atoms with van der Waals surface area (Å²) < 4.78 is 11.0. The first-order valence-electron chi connectivity index (χ1n) is 10.5. The summed E-state index contributed by atoms with van der Waals surface area (Å²) in [5, 5.41) is 8.46. The summed E-state index contributed by atoms with van der Waals surface area (Å²) in [6.45, 7) is 7.52. The van der Waals surface area contributed by atoms with E-state index < -0.39 is 0 Å². The van der Waals surface area contributed by atoms with Crippen molar-refractivity contribution in [3.8, 4) is 5.75 Å². The average Bonchev–Trinajstić information content (AvgIpc) is 2.76. The first-order chi connectivity index (χ1) is 14.1. The Hall–Kier alpha value is -2.69. The zero-order chi connectivity index (χ0) is 20.9. The highest BCUT2D eigenvalue weighted by Crippen LogP contribution is 2.22. The number of hydrogen-bond acceptors (Lipinski definition) is 5. The van der Waals surface area contributed by atoms with Crippen molar-refractivity contribution >= 4 is 17.3 Å². The zero-order valence-electron chi connectivity index (χ0n) is 17.8. The van der Waals surface area contributed by atoms with Gasteiger partial charge in [-0.05, 0) is 60.9 Å². The number of ether oxygens (including phenoxy) is 2. The third kappa shape index (κ3) is 8.46. The molecule has 0 spiro atoms. The molecule has 0 heterocycles. The molecule has 1 unspecified atom stereocenters. The van der Waals surface area contributed by atoms with Crippen molar-refractivity contribution in [3.63, 3.8) is 0 Å². The molecule has 2 rings (SSSR count). The van der Waals surface area contributed by atoms with Crippen molar-refractivity contribution in [3.05, 3.63) is 54.1 Å². The number of esters is 1. The van der Waals surface area contributed by atoms with Crippen LogP contribution in [0, 0.1) is 5.92 Å². The van der Waals surface area contributed by atoms with Crippen molar-refractivity contribution < 1.29 is 14.3 Å². The Bertz CT molecular complexity index is 755. The van der Waals surface area contributed by atoms with Crippen molar-refractivity contribution in [2.75, 3.05) is 13.2 Å². The van der Waals surface area contributed by atoms with Crippen LogP contribution in [0.25, 0.3) is 0 Å². The molecule has 0 aromatic heterocycles. The molecular formula is C24H32N2O3. The lowest BCUT2D eigenvalue weighted by molar-refractivity contribution is 0.0447. The second kappa shape index (κ2) is 12.7. The Balaban J connectivity index is 1.82. The number of carbonyl (C=O) groups excluding carboxylic acids is 1. The van der Waals surface area contributed by atoms with E-state index in [1.54, 1.807) is 24.3 Å². The normalized spacial score (nSPS) is 12.1. The smallest absolute Gasteiger partial charge is 0.338 e. The molecule has 0 bridgehead atoms. The van der Waals surface area contributed by atoms with E-state index in [1.165, 1.54) is 19.3 Å². The fourth-order valence-electron chi connectivity index (χ4n) is 2.53. The number of unbranched alkanes of at least 4 members (excludes halogenated alkanes) is 3. The minimum absolute atomic E-state index is 0.306. The van der Waals surface area contributed by atoms with E-state index in [2.05, 4.69) is 31.0 Å². The molecule has 5 heteroatoms. The highest BCUT2D eigenvalue weighted by molar-refractivity contribution is 5.89. The molecule has 156 valence electrons. The predicted molar refractivity (Wildman–Crippen MR) is 116 cm³/mol. The molecule has 0 saturated heterocycles. The van der Waals surface area contributed by atoms with Gasteiger partial charge in [-0.3, -0.25) is 0 Å². The van der Waals surface area contributed by atoms with Crippen LogP contribution in [0.3, 0.4) is 0 Å². The Morgan fingerprint density at radius 2 is 1.52 bits per heavy atom. The number of nitrogens with zero attached hydrogens (tertiary/aromatic N) is 2. The minimum atomic E-state index is -0.306. The average molecular weight is 397 g/mol. The first kappa shape index (κ1) is 22.6. The maximum atomic E-state index is 12.0. The summed E-state index contributed by atoms with van der Waals surface area (Å²) >= 11 is 0. The minimum Gasteiger partial charge on any atom is -0.494 e. The number of azo groups is 1. The van der Waals surface area contributed by atoms with Crippen LogP contribution >= 0.6 is 0 Å². The summed E-state index contributed by atoms with van der Waals surface area (Å²) in [6, 6.07) is 14.5. The summed E-state index contributed by atoms with van der Waals surface area (Å²) in [5.74, 6) is 0.907. The maximum absolute atomic E-state index is 12.0. The monoisotopic (exact) mass is 396 g/mol. The second-order valence-electron chi connectivity index (χ2n) is 7.26. The lowest BCUT2D eigenvalue weighted by Crippen LogP contribution is -2.11. The molecule has 2 aromatic rings. The van der Waals surface area contributed by atoms with Crippen molar-refractivity contribution in [2.24, 2.45) is 16.1 Å². The highest BCUT2D eigenvalue weighted by atomic mass is 16.5. The zero-order valence-corrected chi connectivity index (χ0v) is 17.8. The van der Waals surface area contributed by atoms with Gasteiger partial charge >= 0.3 is 5.97 Å². The van der Waals surface area contributed by atoms with Crippen LogP contribution in [-0.2, 0) is 4.74 Å². The molecule has 0 amide bonds. The quantitative estimate of drug-likeness (QED) is 0.215. The molecule has 0 radical (unpaired) electrons. The Kier molecular flexibility index (Phi) is 9.90. The molecule has 1 atom stereocenters. The molecule has 5 nitrogen and oxygen atoms in total. The van der Waals surface area contributed by atoms with Gasteiger partial charge in [-0.2, -0.15) is 10.2 Å². The number of benzene rings is 2. The summed E-state index contributed by atoms with van der Waals surface area (Å²) in [6.07, 6.45) is 5.75. The Morgan fingerprint density at radius 1 is 0.897 bits per heavy atom. The predicted octanol–water partition coefficient (Wildman–Crippen LogP) is 7.26. The van der Waals surface area contributed by atoms with Gasteiger partial charge in [0.15, 0.2) is 0 Å². The van der Waals surface area contributed by atoms with Gasteiger partial charge in [0.1, 0.15) is 5.75 Å². The van der Waals surface area contributed by atoms with Gasteiger partial charge in [0.25, 0.3) is 0 Å². The van der Waals surface area contributed by atoms with Crippen molar-refractivity contribution in [1.82, 2.24) is 0 Å². The third-order valence-electron chi connectivity index (χ3n) is 4.68. The summed E-state index contributed by atoms with van der Waals surface area (Å²) in [7, 11) is 0. The van der Waals surface area contributed by atoms with Gasteiger partial charge < -0.3 is 9.47 Å². The number of carbonyl (C=O) groups is 1. The maximum Gasteiger partial charge on any atom is 0.338 e. The molecule has 0 fully saturated rings. The standard InChI is InChI=1S/C24H32N2O3/c1-4-6-7-8-17-28-23-15-13-22(14-16-23)26-25-21-11-9-20(10-12-21)24(27)29-18-19(3)5-2/h9-16,19H,4-8,17-18H2,1-3H3. The van der Waals surface area contributed by atoms with Crippen LogP contribution < -0.4 is 4.74 Å². The van der Waals surface area contributed by atoms with Gasteiger partial charge in [0, 0.05) is 0 Å². The lowest BCUT2D eigenvalue weighted by Gasteiger charge is -2.09. The molecule has 0 aliphatic rings. The van der Waals surface area contributed by atoms with E-state index in [0.29, 0.717) is 23.8 Å². The fourth-order valence-corrected chi connectivity index (χ4v) is 2.53. The van der Waals surface area contributed by atoms with E-state index in [9.17, 15) is 4.79 Å². The van der Waals surface area contributed by atoms with Crippen molar-refractivity contribution in [2.45, 2.75) is 52.9 Å². The Morgan fingerprint density at radius 3 is 2.10 bits per heavy atom. The Labute approximate surface area is 174 Å². The molecular weight excluding hydrogens is 364 g/mol. The van der Waals surface area contributed by atoms with Gasteiger partial charge in [-0.25, -0.2) is 4.79 Å². The van der Waals surface area contributed by atoms with Gasteiger partial charge in [0.05, 0.1) is 30.2 Å². The number of hydrogen-bond donors (Lipinski definition) is 0. The lowest BCUT2D eigenvalue weighted by atomic mass is 10.1. The van der Waals surface area contributed by atoms with Gasteiger partial charge in [-0.1, -0.05) is 46.5 Å². The van der Waals surface area contributed by atoms with Crippen LogP contribution in [0.1, 0.15) is 63.2 Å². The molecule has 0 saturated carbocycles. The molecule has 0 N–H and O–H groups in total. The van der Waals surface area contributed by atoms with Crippen LogP contribution in [0.5, 0.6) is 5.75 Å². The van der Waals surface area contributed by atoms with E-state index >= 15 is 0 Å². The molecule has 2 aromatic carbocycles. The van der Waals surface area contributed by atoms with E-state index in [4.69, 9.17) is 9.47 Å². The highest BCUT2D eigenvalue weighted by Gasteiger charge is 2.09. The fraction of sp³-hybridized carbons (Fsp3) is 0.458. The van der Waals surface area contributed by atoms with E-state index in [1.807, 2.05) is 24.3 Å². The largest absolute Gasteiger partial charge is 0.494 e. The van der Waals surface area contributed by atoms with Crippen LogP contribution in [0.4, 0.5) is 11.4 Å². The molecule has 0 aliphatic heterocycles. The van der Waals surface area contributed by atoms with Crippen LogP contribution in [0.15, 0.2) is 58.8 Å². The number of rotatable bonds is 12. The van der Waals surface area contributed by atoms with Crippen molar-refractivity contribution in [1.29, 1.82) is 0 Å². The molecule has 0 aliphatic carbocycles. The summed E-state index contributed by atoms with van der Waals surface area (Å²) in [4.78, 5) is 12.0. The second-order valence-corrected chi connectivity index (χ2v) is 7.26. The summed E-state index contributed by atoms with van der Waals surface area (Å²) in [5.41, 5.74) is 1.95. The van der Waals surface area contributed by atoms with E-state index in [0.717, 1.165) is 30.9 Å². The SMILES string of the molecule is CCCCCCOc1ccc(N=Nc2ccc(C(=O)OCC(C)CC)cc2)cc1. The van der Waals surface area contributed by atoms with E-state index in [-0.39, 0.29) is 5.97 Å². The topological polar surface area (TPSA) is 60.2 Å². The molecule has 29 heavy (non-hydrogen) atoms. The van der Waals surface area contributed by atoms with Gasteiger partial charge in [0.2, 0.25) is 0 Å². The van der Waals surface area contributed by atoms with Crippen LogP contribution in [-0.4, -0.2) is 19.2 Å². The third-order valence-corrected chi connectivity index (χ3v) is 4.68.